The maximum atomic E-state index is 12.3. The quantitative estimate of drug-likeness (QED) is 0.778. The topological polar surface area (TPSA) is 66.0 Å². The number of nitrogens with one attached hydrogen (secondary N) is 1. The van der Waals surface area contributed by atoms with E-state index in [4.69, 9.17) is 18.9 Å². The Kier molecular flexibility index (Phi) is 4.79. The number of anilines is 1. The second-order valence-corrected chi connectivity index (χ2v) is 6.71. The van der Waals surface area contributed by atoms with Crippen LogP contribution >= 0.6 is 0 Å². The molecule has 1 N–H and O–H groups in total. The number of methoxy groups -OCH3 is 1. The van der Waals surface area contributed by atoms with E-state index < -0.39 is 0 Å². The number of carbonyl (C=O) groups excluding carboxylic acids is 1. The van der Waals surface area contributed by atoms with Gasteiger partial charge in [0.1, 0.15) is 5.75 Å². The molecule has 0 radical (unpaired) electrons. The van der Waals surface area contributed by atoms with Crippen LogP contribution in [0.15, 0.2) is 30.3 Å². The molecule has 0 aliphatic carbocycles. The first-order chi connectivity index (χ1) is 13.2. The fourth-order valence-corrected chi connectivity index (χ4v) is 3.52. The molecule has 2 aromatic rings. The van der Waals surface area contributed by atoms with Crippen molar-refractivity contribution in [1.29, 1.82) is 0 Å². The highest BCUT2D eigenvalue weighted by Crippen LogP contribution is 2.46. The molecule has 0 bridgehead atoms. The number of fused-ring (bicyclic) bond motifs is 2. The summed E-state index contributed by atoms with van der Waals surface area (Å²) in [6.45, 7) is 2.97. The molecule has 6 heteroatoms. The van der Waals surface area contributed by atoms with Gasteiger partial charge in [0.2, 0.25) is 18.4 Å². The molecule has 0 aromatic heterocycles. The largest absolute Gasteiger partial charge is 0.494 e. The van der Waals surface area contributed by atoms with Gasteiger partial charge in [-0.1, -0.05) is 19.4 Å². The van der Waals surface area contributed by atoms with E-state index in [9.17, 15) is 4.79 Å². The summed E-state index contributed by atoms with van der Waals surface area (Å²) in [5.41, 5.74) is 2.81. The third-order valence-corrected chi connectivity index (χ3v) is 4.91. The number of carbonyl (C=O) groups is 1. The van der Waals surface area contributed by atoms with Crippen molar-refractivity contribution in [3.05, 3.63) is 41.5 Å². The molecule has 6 nitrogen and oxygen atoms in total. The summed E-state index contributed by atoms with van der Waals surface area (Å²) in [5, 5.41) is 2.97. The first-order valence-corrected chi connectivity index (χ1v) is 9.23. The van der Waals surface area contributed by atoms with Crippen molar-refractivity contribution in [2.45, 2.75) is 32.1 Å². The zero-order valence-electron chi connectivity index (χ0n) is 15.5. The molecule has 2 heterocycles. The minimum absolute atomic E-state index is 0.0187. The molecule has 0 saturated carbocycles. The Labute approximate surface area is 158 Å². The van der Waals surface area contributed by atoms with Crippen LogP contribution in [0.4, 0.5) is 5.69 Å². The molecule has 0 saturated heterocycles. The van der Waals surface area contributed by atoms with Gasteiger partial charge in [-0.15, -0.1) is 0 Å². The molecule has 1 unspecified atom stereocenters. The number of benzene rings is 2. The van der Waals surface area contributed by atoms with Gasteiger partial charge in [-0.3, -0.25) is 4.79 Å². The Hall–Kier alpha value is -2.89. The van der Waals surface area contributed by atoms with Crippen molar-refractivity contribution in [2.75, 3.05) is 25.8 Å². The van der Waals surface area contributed by atoms with Gasteiger partial charge in [-0.25, -0.2) is 0 Å². The Morgan fingerprint density at radius 2 is 2.11 bits per heavy atom. The van der Waals surface area contributed by atoms with Crippen LogP contribution in [-0.2, 0) is 4.79 Å². The summed E-state index contributed by atoms with van der Waals surface area (Å²) in [7, 11) is 1.60. The van der Waals surface area contributed by atoms with Crippen LogP contribution in [0.5, 0.6) is 23.0 Å². The van der Waals surface area contributed by atoms with E-state index in [-0.39, 0.29) is 18.6 Å². The lowest BCUT2D eigenvalue weighted by Gasteiger charge is -2.27. The molecule has 0 spiro atoms. The number of hydrogen-bond acceptors (Lipinski definition) is 5. The van der Waals surface area contributed by atoms with E-state index in [1.807, 2.05) is 30.3 Å². The molecule has 2 aliphatic rings. The molecule has 2 aromatic carbocycles. The van der Waals surface area contributed by atoms with E-state index in [0.717, 1.165) is 35.4 Å². The van der Waals surface area contributed by atoms with Crippen LogP contribution in [0, 0.1) is 0 Å². The lowest BCUT2D eigenvalue weighted by Crippen LogP contribution is -2.23. The van der Waals surface area contributed by atoms with E-state index in [1.165, 1.54) is 0 Å². The number of hydrogen-bond donors (Lipinski definition) is 1. The summed E-state index contributed by atoms with van der Waals surface area (Å²) < 4.78 is 22.2. The van der Waals surface area contributed by atoms with Gasteiger partial charge in [0.05, 0.1) is 13.7 Å². The Bertz CT molecular complexity index is 864. The van der Waals surface area contributed by atoms with Crippen molar-refractivity contribution in [1.82, 2.24) is 0 Å². The highest BCUT2D eigenvalue weighted by Gasteiger charge is 2.30. The molecule has 4 rings (SSSR count). The molecule has 27 heavy (non-hydrogen) atoms. The van der Waals surface area contributed by atoms with Crippen LogP contribution in [0.2, 0.25) is 0 Å². The first kappa shape index (κ1) is 17.5. The van der Waals surface area contributed by atoms with Crippen LogP contribution in [0.25, 0.3) is 0 Å². The van der Waals surface area contributed by atoms with Crippen LogP contribution in [0.1, 0.15) is 43.2 Å². The average Bonchev–Trinajstić information content (AvgIpc) is 3.15. The van der Waals surface area contributed by atoms with Crippen LogP contribution < -0.4 is 24.3 Å². The van der Waals surface area contributed by atoms with Crippen molar-refractivity contribution in [2.24, 2.45) is 0 Å². The van der Waals surface area contributed by atoms with Gasteiger partial charge in [0.25, 0.3) is 0 Å². The third-order valence-electron chi connectivity index (χ3n) is 4.91. The number of amides is 1. The fraction of sp³-hybridized carbons (Fsp3) is 0.381. The Morgan fingerprint density at radius 3 is 2.93 bits per heavy atom. The smallest absolute Gasteiger partial charge is 0.231 e. The minimum atomic E-state index is -0.0816. The summed E-state index contributed by atoms with van der Waals surface area (Å²) in [6, 6.07) is 9.75. The lowest BCUT2D eigenvalue weighted by molar-refractivity contribution is -0.116. The predicted molar refractivity (Wildman–Crippen MR) is 101 cm³/mol. The van der Waals surface area contributed by atoms with Gasteiger partial charge < -0.3 is 24.3 Å². The highest BCUT2D eigenvalue weighted by atomic mass is 16.7. The van der Waals surface area contributed by atoms with Crippen molar-refractivity contribution < 1.29 is 23.7 Å². The van der Waals surface area contributed by atoms with E-state index in [2.05, 4.69) is 12.2 Å². The summed E-state index contributed by atoms with van der Waals surface area (Å²) in [6.07, 6.45) is 2.45. The third kappa shape index (κ3) is 3.39. The van der Waals surface area contributed by atoms with Crippen LogP contribution in [-0.4, -0.2) is 26.4 Å². The highest BCUT2D eigenvalue weighted by molar-refractivity contribution is 5.95. The SMILES string of the molecule is CCCCOc1ccc2c(c1)NC(=O)CC2c1cc(OC)c2c(c1)OCO2. The lowest BCUT2D eigenvalue weighted by atomic mass is 9.84. The van der Waals surface area contributed by atoms with Gasteiger partial charge in [-0.05, 0) is 35.7 Å². The van der Waals surface area contributed by atoms with E-state index in [0.29, 0.717) is 30.3 Å². The second-order valence-electron chi connectivity index (χ2n) is 6.71. The molecule has 0 fully saturated rings. The molecule has 1 amide bonds. The van der Waals surface area contributed by atoms with Crippen LogP contribution in [0.3, 0.4) is 0 Å². The number of rotatable bonds is 6. The number of unbranched alkanes of at least 4 members (excludes halogenated alkanes) is 1. The maximum absolute atomic E-state index is 12.3. The minimum Gasteiger partial charge on any atom is -0.494 e. The van der Waals surface area contributed by atoms with Gasteiger partial charge >= 0.3 is 0 Å². The van der Waals surface area contributed by atoms with Gasteiger partial charge in [0.15, 0.2) is 11.5 Å². The summed E-state index contributed by atoms with van der Waals surface area (Å²) >= 11 is 0. The zero-order valence-corrected chi connectivity index (χ0v) is 15.5. The van der Waals surface area contributed by atoms with E-state index in [1.54, 1.807) is 7.11 Å². The maximum Gasteiger partial charge on any atom is 0.231 e. The number of ether oxygens (including phenoxy) is 4. The predicted octanol–water partition coefficient (Wildman–Crippen LogP) is 4.08. The zero-order chi connectivity index (χ0) is 18.8. The average molecular weight is 369 g/mol. The molecular weight excluding hydrogens is 346 g/mol. The second kappa shape index (κ2) is 7.39. The van der Waals surface area contributed by atoms with E-state index >= 15 is 0 Å². The molecule has 142 valence electrons. The van der Waals surface area contributed by atoms with Gasteiger partial charge in [-0.2, -0.15) is 0 Å². The molecular formula is C21H23NO5. The summed E-state index contributed by atoms with van der Waals surface area (Å²) in [4.78, 5) is 12.3. The molecule has 1 atom stereocenters. The first-order valence-electron chi connectivity index (χ1n) is 9.23. The van der Waals surface area contributed by atoms with Crippen molar-refractivity contribution in [3.63, 3.8) is 0 Å². The Morgan fingerprint density at radius 1 is 1.22 bits per heavy atom. The normalized spacial score (nSPS) is 17.3. The molecule has 2 aliphatic heterocycles. The standard InChI is InChI=1S/C21H23NO5/c1-3-4-7-25-14-5-6-15-16(11-20(23)22-17(15)10-14)13-8-18(24-2)21-19(9-13)26-12-27-21/h5-6,8-10,16H,3-4,7,11-12H2,1-2H3,(H,22,23). The summed E-state index contributed by atoms with van der Waals surface area (Å²) in [5.74, 6) is 2.55. The van der Waals surface area contributed by atoms with Gasteiger partial charge in [0, 0.05) is 24.1 Å². The fourth-order valence-electron chi connectivity index (χ4n) is 3.52. The Balaban J connectivity index is 1.68. The monoisotopic (exact) mass is 369 g/mol. The van der Waals surface area contributed by atoms with Crippen molar-refractivity contribution >= 4 is 11.6 Å². The van der Waals surface area contributed by atoms with Crippen molar-refractivity contribution in [3.8, 4) is 23.0 Å².